The topological polar surface area (TPSA) is 41.5 Å². The maximum Gasteiger partial charge on any atom is 0.272 e. The first-order chi connectivity index (χ1) is 12.2. The number of carbonyl (C=O) groups is 1. The molecule has 0 aliphatic carbocycles. The van der Waals surface area contributed by atoms with Crippen LogP contribution in [0, 0.1) is 0 Å². The lowest BCUT2D eigenvalue weighted by atomic mass is 10.1. The summed E-state index contributed by atoms with van der Waals surface area (Å²) in [4.78, 5) is 12.1. The maximum absolute atomic E-state index is 12.1. The Kier molecular flexibility index (Phi) is 7.93. The van der Waals surface area contributed by atoms with Gasteiger partial charge in [0.1, 0.15) is 0 Å². The standard InChI is InChI=1S/C21H23ClN2O/c1-2-3-5-12-18(15-17-10-6-4-7-11-17)16-23-24-21(25)19-13-8-9-14-20(19)22/h4,6-11,13-16H,2-3,5,12H2,1H3,(H,24,25)/b18-15+,23-16-. The lowest BCUT2D eigenvalue weighted by Crippen LogP contribution is -2.18. The molecule has 0 saturated heterocycles. The molecule has 0 spiro atoms. The molecular weight excluding hydrogens is 332 g/mol. The van der Waals surface area contributed by atoms with Gasteiger partial charge >= 0.3 is 0 Å². The van der Waals surface area contributed by atoms with Gasteiger partial charge in [0.25, 0.3) is 5.91 Å². The van der Waals surface area contributed by atoms with Gasteiger partial charge in [0.2, 0.25) is 0 Å². The fourth-order valence-electron chi connectivity index (χ4n) is 2.40. The number of rotatable bonds is 8. The second-order valence-corrected chi connectivity index (χ2v) is 6.17. The summed E-state index contributed by atoms with van der Waals surface area (Å²) in [6.45, 7) is 2.18. The summed E-state index contributed by atoms with van der Waals surface area (Å²) in [7, 11) is 0. The van der Waals surface area contributed by atoms with E-state index >= 15 is 0 Å². The quantitative estimate of drug-likeness (QED) is 0.367. The van der Waals surface area contributed by atoms with Gasteiger partial charge < -0.3 is 0 Å². The zero-order chi connectivity index (χ0) is 17.9. The van der Waals surface area contributed by atoms with E-state index in [0.29, 0.717) is 10.6 Å². The number of nitrogens with zero attached hydrogens (tertiary/aromatic N) is 1. The van der Waals surface area contributed by atoms with Crippen molar-refractivity contribution >= 4 is 29.8 Å². The number of allylic oxidation sites excluding steroid dienone is 1. The molecule has 0 atom stereocenters. The number of benzene rings is 2. The Bertz CT molecular complexity index is 739. The number of amides is 1. The highest BCUT2D eigenvalue weighted by molar-refractivity contribution is 6.33. The smallest absolute Gasteiger partial charge is 0.267 e. The first kappa shape index (κ1) is 18.9. The van der Waals surface area contributed by atoms with Gasteiger partial charge in [0.05, 0.1) is 16.8 Å². The number of hydrazone groups is 1. The summed E-state index contributed by atoms with van der Waals surface area (Å²) in [6, 6.07) is 17.0. The van der Waals surface area contributed by atoms with Crippen molar-refractivity contribution in [2.45, 2.75) is 32.6 Å². The number of hydrogen-bond donors (Lipinski definition) is 1. The van der Waals surface area contributed by atoms with Crippen molar-refractivity contribution in [1.29, 1.82) is 0 Å². The first-order valence-electron chi connectivity index (χ1n) is 8.54. The van der Waals surface area contributed by atoms with E-state index in [9.17, 15) is 4.79 Å². The molecule has 2 aromatic carbocycles. The molecule has 0 radical (unpaired) electrons. The molecule has 0 heterocycles. The minimum atomic E-state index is -0.311. The van der Waals surface area contributed by atoms with E-state index in [1.54, 1.807) is 30.5 Å². The molecule has 0 unspecified atom stereocenters. The molecule has 3 nitrogen and oxygen atoms in total. The van der Waals surface area contributed by atoms with Crippen molar-refractivity contribution in [3.05, 3.63) is 76.3 Å². The molecule has 4 heteroatoms. The molecule has 2 aromatic rings. The number of carbonyl (C=O) groups excluding carboxylic acids is 1. The van der Waals surface area contributed by atoms with Crippen LogP contribution >= 0.6 is 11.6 Å². The molecule has 0 aromatic heterocycles. The molecule has 0 aliphatic rings. The zero-order valence-corrected chi connectivity index (χ0v) is 15.2. The highest BCUT2D eigenvalue weighted by Gasteiger charge is 2.07. The summed E-state index contributed by atoms with van der Waals surface area (Å²) in [5, 5.41) is 4.53. The van der Waals surface area contributed by atoms with Gasteiger partial charge in [-0.1, -0.05) is 79.9 Å². The van der Waals surface area contributed by atoms with E-state index in [0.717, 1.165) is 24.0 Å². The van der Waals surface area contributed by atoms with Crippen LogP contribution in [-0.4, -0.2) is 12.1 Å². The minimum Gasteiger partial charge on any atom is -0.267 e. The average Bonchev–Trinajstić information content (AvgIpc) is 2.63. The summed E-state index contributed by atoms with van der Waals surface area (Å²) < 4.78 is 0. The Morgan fingerprint density at radius 3 is 2.52 bits per heavy atom. The van der Waals surface area contributed by atoms with E-state index in [1.165, 1.54) is 12.8 Å². The monoisotopic (exact) mass is 354 g/mol. The molecule has 0 saturated carbocycles. The lowest BCUT2D eigenvalue weighted by molar-refractivity contribution is 0.0955. The van der Waals surface area contributed by atoms with Crippen LogP contribution < -0.4 is 5.43 Å². The van der Waals surface area contributed by atoms with Crippen molar-refractivity contribution < 1.29 is 4.79 Å². The van der Waals surface area contributed by atoms with Crippen molar-refractivity contribution in [3.8, 4) is 0 Å². The van der Waals surface area contributed by atoms with E-state index in [1.807, 2.05) is 18.2 Å². The molecule has 1 amide bonds. The largest absolute Gasteiger partial charge is 0.272 e. The Morgan fingerprint density at radius 2 is 1.80 bits per heavy atom. The van der Waals surface area contributed by atoms with E-state index < -0.39 is 0 Å². The summed E-state index contributed by atoms with van der Waals surface area (Å²) >= 11 is 6.03. The van der Waals surface area contributed by atoms with Gasteiger partial charge in [-0.15, -0.1) is 0 Å². The zero-order valence-electron chi connectivity index (χ0n) is 14.4. The minimum absolute atomic E-state index is 0.311. The van der Waals surface area contributed by atoms with Crippen LogP contribution in [0.4, 0.5) is 0 Å². The number of hydrogen-bond acceptors (Lipinski definition) is 2. The van der Waals surface area contributed by atoms with Crippen LogP contribution in [0.3, 0.4) is 0 Å². The molecular formula is C21H23ClN2O. The van der Waals surface area contributed by atoms with Gasteiger partial charge in [-0.2, -0.15) is 5.10 Å². The Labute approximate surface area is 154 Å². The predicted molar refractivity (Wildman–Crippen MR) is 106 cm³/mol. The van der Waals surface area contributed by atoms with Crippen molar-refractivity contribution in [1.82, 2.24) is 5.43 Å². The molecule has 0 bridgehead atoms. The Hall–Kier alpha value is -2.39. The third-order valence-corrected chi connectivity index (χ3v) is 4.07. The molecule has 2 rings (SSSR count). The molecule has 0 aliphatic heterocycles. The van der Waals surface area contributed by atoms with Gasteiger partial charge in [-0.3, -0.25) is 4.79 Å². The number of halogens is 1. The van der Waals surface area contributed by atoms with Crippen LogP contribution in [0.2, 0.25) is 5.02 Å². The van der Waals surface area contributed by atoms with Crippen molar-refractivity contribution in [2.75, 3.05) is 0 Å². The van der Waals surface area contributed by atoms with Gasteiger partial charge in [0.15, 0.2) is 0 Å². The lowest BCUT2D eigenvalue weighted by Gasteiger charge is -2.04. The van der Waals surface area contributed by atoms with Gasteiger partial charge in [-0.05, 0) is 36.1 Å². The average molecular weight is 355 g/mol. The van der Waals surface area contributed by atoms with Gasteiger partial charge in [-0.25, -0.2) is 5.43 Å². The van der Waals surface area contributed by atoms with E-state index in [2.05, 4.69) is 35.7 Å². The molecule has 0 fully saturated rings. The van der Waals surface area contributed by atoms with Gasteiger partial charge in [0, 0.05) is 0 Å². The summed E-state index contributed by atoms with van der Waals surface area (Å²) in [5.74, 6) is -0.311. The van der Waals surface area contributed by atoms with Crippen molar-refractivity contribution in [2.24, 2.45) is 5.10 Å². The van der Waals surface area contributed by atoms with Crippen LogP contribution in [0.5, 0.6) is 0 Å². The number of nitrogens with one attached hydrogen (secondary N) is 1. The maximum atomic E-state index is 12.1. The number of unbranched alkanes of at least 4 members (excludes halogenated alkanes) is 2. The van der Waals surface area contributed by atoms with Crippen LogP contribution in [0.15, 0.2) is 65.3 Å². The fourth-order valence-corrected chi connectivity index (χ4v) is 2.62. The van der Waals surface area contributed by atoms with E-state index in [4.69, 9.17) is 11.6 Å². The molecule has 1 N–H and O–H groups in total. The van der Waals surface area contributed by atoms with Crippen LogP contribution in [-0.2, 0) is 0 Å². The third kappa shape index (κ3) is 6.55. The predicted octanol–water partition coefficient (Wildman–Crippen LogP) is 5.72. The Morgan fingerprint density at radius 1 is 1.08 bits per heavy atom. The second-order valence-electron chi connectivity index (χ2n) is 5.77. The SMILES string of the molecule is CCCCCC(/C=N\NC(=O)c1ccccc1Cl)=C\c1ccccc1. The van der Waals surface area contributed by atoms with E-state index in [-0.39, 0.29) is 5.91 Å². The fraction of sp³-hybridized carbons (Fsp3) is 0.238. The second kappa shape index (κ2) is 10.5. The normalized spacial score (nSPS) is 11.7. The van der Waals surface area contributed by atoms with Crippen LogP contribution in [0.25, 0.3) is 6.08 Å². The van der Waals surface area contributed by atoms with Crippen LogP contribution in [0.1, 0.15) is 48.5 Å². The third-order valence-electron chi connectivity index (χ3n) is 3.74. The highest BCUT2D eigenvalue weighted by Crippen LogP contribution is 2.15. The summed E-state index contributed by atoms with van der Waals surface area (Å²) in [5.41, 5.74) is 5.17. The Balaban J connectivity index is 2.05. The first-order valence-corrected chi connectivity index (χ1v) is 8.92. The van der Waals surface area contributed by atoms with Crippen molar-refractivity contribution in [3.63, 3.8) is 0 Å². The summed E-state index contributed by atoms with van der Waals surface area (Å²) in [6.07, 6.45) is 8.18. The molecule has 130 valence electrons. The highest BCUT2D eigenvalue weighted by atomic mass is 35.5. The molecule has 25 heavy (non-hydrogen) atoms.